The van der Waals surface area contributed by atoms with Crippen molar-refractivity contribution in [1.29, 1.82) is 5.26 Å². The highest BCUT2D eigenvalue weighted by Gasteiger charge is 2.33. The van der Waals surface area contributed by atoms with Gasteiger partial charge in [0, 0.05) is 13.1 Å². The number of nitrogens with zero attached hydrogens (tertiary/aromatic N) is 3. The van der Waals surface area contributed by atoms with Gasteiger partial charge in [0.25, 0.3) is 21.3 Å². The first kappa shape index (κ1) is 25.3. The van der Waals surface area contributed by atoms with E-state index in [1.54, 1.807) is 36.2 Å². The summed E-state index contributed by atoms with van der Waals surface area (Å²) in [7, 11) is -4.02. The molecule has 0 saturated heterocycles. The van der Waals surface area contributed by atoms with Crippen LogP contribution in [0.3, 0.4) is 0 Å². The van der Waals surface area contributed by atoms with E-state index in [0.717, 1.165) is 0 Å². The molecule has 178 valence electrons. The molecule has 0 spiro atoms. The van der Waals surface area contributed by atoms with Gasteiger partial charge in [-0.1, -0.05) is 30.7 Å². The molecule has 2 atom stereocenters. The second kappa shape index (κ2) is 10.8. The van der Waals surface area contributed by atoms with Crippen molar-refractivity contribution in [1.82, 2.24) is 15.0 Å². The van der Waals surface area contributed by atoms with Gasteiger partial charge in [0.05, 0.1) is 27.7 Å². The molecule has 33 heavy (non-hydrogen) atoms. The van der Waals surface area contributed by atoms with Crippen molar-refractivity contribution in [3.63, 3.8) is 0 Å². The van der Waals surface area contributed by atoms with Crippen LogP contribution in [0.5, 0.6) is 5.75 Å². The summed E-state index contributed by atoms with van der Waals surface area (Å²) in [6.07, 6.45) is -0.989. The van der Waals surface area contributed by atoms with Gasteiger partial charge in [-0.3, -0.25) is 9.27 Å². The van der Waals surface area contributed by atoms with Crippen LogP contribution in [0.1, 0.15) is 18.1 Å². The fraction of sp³-hybridized carbons (Fsp3) is 0.316. The molecule has 0 saturated carbocycles. The number of para-hydroxylation sites is 1. The van der Waals surface area contributed by atoms with Crippen molar-refractivity contribution in [3.05, 3.63) is 52.5 Å². The number of ether oxygens (including phenoxy) is 1. The van der Waals surface area contributed by atoms with E-state index in [1.807, 2.05) is 6.07 Å². The number of hydrogen-bond acceptors (Lipinski definition) is 8. The smallest absolute Gasteiger partial charge is 0.259 e. The van der Waals surface area contributed by atoms with Crippen LogP contribution in [0.25, 0.3) is 0 Å². The van der Waals surface area contributed by atoms with Gasteiger partial charge in [0.2, 0.25) is 0 Å². The fourth-order valence-electron chi connectivity index (χ4n) is 3.25. The number of hydrazine groups is 2. The zero-order valence-corrected chi connectivity index (χ0v) is 19.8. The molecule has 0 fully saturated rings. The molecule has 4 N–H and O–H groups in total. The maximum Gasteiger partial charge on any atom is 0.259 e. The minimum Gasteiger partial charge on any atom is -0.489 e. The molecule has 2 unspecified atom stereocenters. The van der Waals surface area contributed by atoms with Gasteiger partial charge >= 0.3 is 0 Å². The number of benzene rings is 2. The maximum absolute atomic E-state index is 12.8. The number of nitriles is 1. The molecule has 0 aliphatic carbocycles. The lowest BCUT2D eigenvalue weighted by Gasteiger charge is -2.38. The Morgan fingerprint density at radius 1 is 1.42 bits per heavy atom. The number of aliphatic hydroxyl groups is 1. The largest absolute Gasteiger partial charge is 0.489 e. The molecule has 0 bridgehead atoms. The Morgan fingerprint density at radius 3 is 2.82 bits per heavy atom. The number of rotatable bonds is 9. The number of halogens is 1. The summed E-state index contributed by atoms with van der Waals surface area (Å²) in [5.74, 6) is 0.345. The van der Waals surface area contributed by atoms with Gasteiger partial charge in [-0.15, -0.1) is 4.83 Å². The Labute approximate surface area is 198 Å². The number of anilines is 1. The van der Waals surface area contributed by atoms with Gasteiger partial charge in [-0.2, -0.15) is 10.4 Å². The second-order valence-corrected chi connectivity index (χ2v) is 9.76. The summed E-state index contributed by atoms with van der Waals surface area (Å²) in [6.45, 7) is 2.19. The van der Waals surface area contributed by atoms with Crippen LogP contribution in [0.15, 0.2) is 41.3 Å². The van der Waals surface area contributed by atoms with E-state index in [-0.39, 0.29) is 35.3 Å². The molecule has 3 rings (SSSR count). The number of hydrogen-bond donors (Lipinski definition) is 4. The molecule has 11 nitrogen and oxygen atoms in total. The summed E-state index contributed by atoms with van der Waals surface area (Å²) in [5.41, 5.74) is 0.723. The van der Waals surface area contributed by atoms with Crippen molar-refractivity contribution >= 4 is 38.6 Å². The Bertz CT molecular complexity index is 1190. The highest BCUT2D eigenvalue weighted by atomic mass is 35.5. The molecule has 0 radical (unpaired) electrons. The predicted octanol–water partition coefficient (Wildman–Crippen LogP) is 1.45. The van der Waals surface area contributed by atoms with Gasteiger partial charge in [0.1, 0.15) is 24.5 Å². The Morgan fingerprint density at radius 2 is 2.15 bits per heavy atom. The van der Waals surface area contributed by atoms with Crippen LogP contribution in [-0.2, 0) is 27.8 Å². The molecular weight excluding hydrogens is 494 g/mol. The highest BCUT2D eigenvalue weighted by molar-refractivity contribution is 7.89. The van der Waals surface area contributed by atoms with E-state index in [9.17, 15) is 17.7 Å². The first-order chi connectivity index (χ1) is 15.6. The zero-order chi connectivity index (χ0) is 24.2. The molecule has 2 aromatic rings. The van der Waals surface area contributed by atoms with E-state index in [1.165, 1.54) is 17.3 Å². The summed E-state index contributed by atoms with van der Waals surface area (Å²) in [4.78, 5) is 2.35. The third-order valence-corrected chi connectivity index (χ3v) is 6.87. The zero-order valence-electron chi connectivity index (χ0n) is 17.4. The van der Waals surface area contributed by atoms with E-state index < -0.39 is 27.4 Å². The van der Waals surface area contributed by atoms with Gasteiger partial charge < -0.3 is 9.84 Å². The average Bonchev–Trinajstić information content (AvgIpc) is 2.76. The van der Waals surface area contributed by atoms with E-state index >= 15 is 0 Å². The number of fused-ring (bicyclic) bond motifs is 1. The van der Waals surface area contributed by atoms with E-state index in [4.69, 9.17) is 26.2 Å². The van der Waals surface area contributed by atoms with Gasteiger partial charge in [0.15, 0.2) is 0 Å². The standard InChI is InChI=1S/C19H22ClN5O6S2/c1-2-24(11-15(26)12-31-18-6-4-3-5-13(18)9-21)25-10-14-7-16(20)17(22-32(27)28)8-19(14)33(29,30)23-25/h3-8,15,22-23,26H,2,10-12H2,1H3,(H,27,28). The van der Waals surface area contributed by atoms with Crippen molar-refractivity contribution in [2.24, 2.45) is 0 Å². The molecular formula is C19H22ClN5O6S2. The lowest BCUT2D eigenvalue weighted by Crippen LogP contribution is -2.57. The molecule has 2 aromatic carbocycles. The van der Waals surface area contributed by atoms with Crippen LogP contribution in [0.2, 0.25) is 5.02 Å². The molecule has 0 aromatic heterocycles. The van der Waals surface area contributed by atoms with Crippen LogP contribution in [-0.4, -0.2) is 58.2 Å². The van der Waals surface area contributed by atoms with Gasteiger partial charge in [-0.05, 0) is 29.8 Å². The first-order valence-corrected chi connectivity index (χ1v) is 12.7. The van der Waals surface area contributed by atoms with E-state index in [2.05, 4.69) is 9.55 Å². The maximum atomic E-state index is 12.8. The lowest BCUT2D eigenvalue weighted by molar-refractivity contribution is -0.0826. The fourth-order valence-corrected chi connectivity index (χ4v) is 5.19. The summed E-state index contributed by atoms with van der Waals surface area (Å²) >= 11 is 3.71. The minimum absolute atomic E-state index is 0.00708. The topological polar surface area (TPSA) is 155 Å². The third-order valence-electron chi connectivity index (χ3n) is 4.75. The molecule has 0 amide bonds. The third kappa shape index (κ3) is 6.19. The van der Waals surface area contributed by atoms with Crippen molar-refractivity contribution in [2.45, 2.75) is 24.5 Å². The van der Waals surface area contributed by atoms with Crippen LogP contribution < -0.4 is 14.3 Å². The van der Waals surface area contributed by atoms with Crippen LogP contribution in [0.4, 0.5) is 5.69 Å². The highest BCUT2D eigenvalue weighted by Crippen LogP contribution is 2.32. The molecule has 1 aliphatic rings. The Hall–Kier alpha value is -2.28. The predicted molar refractivity (Wildman–Crippen MR) is 122 cm³/mol. The normalized spacial score (nSPS) is 17.1. The minimum atomic E-state index is -4.02. The molecule has 1 aliphatic heterocycles. The number of likely N-dealkylation sites (N-methyl/N-ethyl adjacent to an activating group) is 1. The van der Waals surface area contributed by atoms with Crippen molar-refractivity contribution in [3.8, 4) is 11.8 Å². The Kier molecular flexibility index (Phi) is 8.27. The summed E-state index contributed by atoms with van der Waals surface area (Å²) < 4.78 is 53.4. The lowest BCUT2D eigenvalue weighted by atomic mass is 10.2. The van der Waals surface area contributed by atoms with Crippen molar-refractivity contribution < 1.29 is 27.0 Å². The summed E-state index contributed by atoms with van der Waals surface area (Å²) in [5, 5.41) is 22.6. The molecule has 14 heteroatoms. The Balaban J connectivity index is 1.73. The van der Waals surface area contributed by atoms with Crippen LogP contribution in [0, 0.1) is 11.3 Å². The number of aliphatic hydroxyl groups excluding tert-OH is 1. The van der Waals surface area contributed by atoms with Crippen LogP contribution >= 0.6 is 11.6 Å². The van der Waals surface area contributed by atoms with Gasteiger partial charge in [-0.25, -0.2) is 17.6 Å². The average molecular weight is 516 g/mol. The van der Waals surface area contributed by atoms with Crippen molar-refractivity contribution in [2.75, 3.05) is 24.4 Å². The monoisotopic (exact) mass is 515 g/mol. The SMILES string of the molecule is CCN(CC(O)COc1ccccc1C#N)N1Cc2cc(Cl)c(NS(=O)O)cc2S(=O)(=O)N1. The molecule has 1 heterocycles. The quantitative estimate of drug-likeness (QED) is 0.363. The first-order valence-electron chi connectivity index (χ1n) is 9.69. The number of sulfonamides is 1. The second-order valence-electron chi connectivity index (χ2n) is 7.02. The number of nitrogens with one attached hydrogen (secondary N) is 2. The van der Waals surface area contributed by atoms with E-state index in [0.29, 0.717) is 23.4 Å². The summed E-state index contributed by atoms with van der Waals surface area (Å²) in [6, 6.07) is 11.3.